The molecule has 0 heterocycles. The van der Waals surface area contributed by atoms with E-state index < -0.39 is 12.0 Å². The third-order valence-electron chi connectivity index (χ3n) is 3.86. The number of hydrogen-bond donors (Lipinski definition) is 2. The van der Waals surface area contributed by atoms with E-state index in [4.69, 9.17) is 9.84 Å². The Balaban J connectivity index is 2.57. The molecule has 0 radical (unpaired) electrons. The zero-order valence-corrected chi connectivity index (χ0v) is 11.5. The first-order valence-corrected chi connectivity index (χ1v) is 6.41. The molecule has 0 aromatic carbocycles. The summed E-state index contributed by atoms with van der Waals surface area (Å²) in [6.45, 7) is 10.8. The van der Waals surface area contributed by atoms with E-state index in [1.54, 1.807) is 0 Å². The van der Waals surface area contributed by atoms with Crippen LogP contribution >= 0.6 is 0 Å². The van der Waals surface area contributed by atoms with Gasteiger partial charge in [-0.15, -0.1) is 0 Å². The van der Waals surface area contributed by atoms with E-state index >= 15 is 0 Å². The number of ether oxygens (including phenoxy) is 1. The second kappa shape index (κ2) is 5.36. The van der Waals surface area contributed by atoms with Gasteiger partial charge < -0.3 is 15.2 Å². The minimum absolute atomic E-state index is 0.0125. The van der Waals surface area contributed by atoms with E-state index in [9.17, 15) is 4.79 Å². The van der Waals surface area contributed by atoms with E-state index in [1.807, 2.05) is 20.8 Å². The van der Waals surface area contributed by atoms with E-state index in [0.29, 0.717) is 6.61 Å². The van der Waals surface area contributed by atoms with Gasteiger partial charge in [-0.1, -0.05) is 27.7 Å². The summed E-state index contributed by atoms with van der Waals surface area (Å²) >= 11 is 0. The lowest BCUT2D eigenvalue weighted by Gasteiger charge is -2.52. The molecule has 1 rings (SSSR count). The fourth-order valence-corrected chi connectivity index (χ4v) is 2.42. The molecule has 0 bridgehead atoms. The number of nitrogens with one attached hydrogen (secondary N) is 1. The van der Waals surface area contributed by atoms with Gasteiger partial charge in [0, 0.05) is 18.1 Å². The smallest absolute Gasteiger partial charge is 0.320 e. The van der Waals surface area contributed by atoms with Gasteiger partial charge in [0.15, 0.2) is 0 Å². The predicted octanol–water partition coefficient (Wildman–Crippen LogP) is 1.89. The van der Waals surface area contributed by atoms with Crippen LogP contribution in [-0.4, -0.2) is 35.9 Å². The number of hydrogen-bond acceptors (Lipinski definition) is 3. The largest absolute Gasteiger partial charge is 0.480 e. The maximum Gasteiger partial charge on any atom is 0.320 e. The van der Waals surface area contributed by atoms with Crippen molar-refractivity contribution < 1.29 is 14.6 Å². The van der Waals surface area contributed by atoms with Crippen molar-refractivity contribution in [2.24, 2.45) is 11.3 Å². The zero-order valence-electron chi connectivity index (χ0n) is 11.5. The molecule has 0 spiro atoms. The van der Waals surface area contributed by atoms with Crippen molar-refractivity contribution >= 4 is 5.97 Å². The lowest BCUT2D eigenvalue weighted by molar-refractivity contribution is -0.146. The Hall–Kier alpha value is -0.610. The molecule has 17 heavy (non-hydrogen) atoms. The number of carboxylic acid groups (broad SMARTS) is 1. The fraction of sp³-hybridized carbons (Fsp3) is 0.923. The van der Waals surface area contributed by atoms with E-state index in [-0.39, 0.29) is 23.5 Å². The molecule has 0 saturated heterocycles. The highest BCUT2D eigenvalue weighted by Crippen LogP contribution is 2.43. The normalized spacial score (nSPS) is 28.8. The number of aliphatic carboxylic acids is 1. The summed E-state index contributed by atoms with van der Waals surface area (Å²) in [5.74, 6) is -0.676. The molecule has 3 atom stereocenters. The Morgan fingerprint density at radius 3 is 2.47 bits per heavy atom. The molecular weight excluding hydrogens is 218 g/mol. The quantitative estimate of drug-likeness (QED) is 0.748. The maximum absolute atomic E-state index is 11.1. The Bertz CT molecular complexity index is 276. The van der Waals surface area contributed by atoms with Crippen LogP contribution in [0, 0.1) is 11.3 Å². The summed E-state index contributed by atoms with van der Waals surface area (Å²) < 4.78 is 5.64. The summed E-state index contributed by atoms with van der Waals surface area (Å²) in [6, 6.07) is -0.246. The minimum Gasteiger partial charge on any atom is -0.480 e. The van der Waals surface area contributed by atoms with Crippen molar-refractivity contribution in [1.29, 1.82) is 0 Å². The Kier molecular flexibility index (Phi) is 4.55. The van der Waals surface area contributed by atoms with Crippen LogP contribution in [0.3, 0.4) is 0 Å². The van der Waals surface area contributed by atoms with E-state index in [2.05, 4.69) is 19.2 Å². The average molecular weight is 243 g/mol. The molecule has 4 heteroatoms. The fourth-order valence-electron chi connectivity index (χ4n) is 2.42. The third kappa shape index (κ3) is 2.99. The van der Waals surface area contributed by atoms with Gasteiger partial charge in [0.1, 0.15) is 6.04 Å². The molecule has 0 aromatic rings. The molecule has 0 aliphatic heterocycles. The lowest BCUT2D eigenvalue weighted by atomic mass is 9.64. The van der Waals surface area contributed by atoms with Crippen LogP contribution in [0.15, 0.2) is 0 Å². The molecule has 0 aromatic heterocycles. The van der Waals surface area contributed by atoms with Crippen LogP contribution in [0.2, 0.25) is 0 Å². The molecule has 0 amide bonds. The topological polar surface area (TPSA) is 58.6 Å². The van der Waals surface area contributed by atoms with Crippen LogP contribution in [0.25, 0.3) is 0 Å². The molecule has 1 aliphatic carbocycles. The van der Waals surface area contributed by atoms with Crippen LogP contribution in [0.5, 0.6) is 0 Å². The summed E-state index contributed by atoms with van der Waals surface area (Å²) in [5.41, 5.74) is 0.0125. The Morgan fingerprint density at radius 1 is 1.53 bits per heavy atom. The molecule has 100 valence electrons. The summed E-state index contributed by atoms with van der Waals surface area (Å²) in [5, 5.41) is 12.4. The molecule has 3 unspecified atom stereocenters. The standard InChI is InChI=1S/C13H25NO3/c1-6-17-10-7-9(13(10,4)5)14-11(8(2)3)12(15)16/h8-11,14H,6-7H2,1-5H3,(H,15,16). The average Bonchev–Trinajstić information content (AvgIpc) is 2.21. The summed E-state index contributed by atoms with van der Waals surface area (Å²) in [6.07, 6.45) is 1.14. The molecule has 1 fully saturated rings. The summed E-state index contributed by atoms with van der Waals surface area (Å²) in [7, 11) is 0. The van der Waals surface area contributed by atoms with Crippen LogP contribution < -0.4 is 5.32 Å². The van der Waals surface area contributed by atoms with Crippen molar-refractivity contribution in [2.75, 3.05) is 6.61 Å². The second-order valence-corrected chi connectivity index (χ2v) is 5.78. The van der Waals surface area contributed by atoms with Crippen molar-refractivity contribution in [1.82, 2.24) is 5.32 Å². The Labute approximate surface area is 104 Å². The SMILES string of the molecule is CCOC1CC(NC(C(=O)O)C(C)C)C1(C)C. The van der Waals surface area contributed by atoms with Crippen molar-refractivity contribution in [3.05, 3.63) is 0 Å². The van der Waals surface area contributed by atoms with Gasteiger partial charge in [-0.05, 0) is 19.3 Å². The molecule has 4 nitrogen and oxygen atoms in total. The highest BCUT2D eigenvalue weighted by Gasteiger charge is 2.50. The zero-order chi connectivity index (χ0) is 13.2. The summed E-state index contributed by atoms with van der Waals surface area (Å²) in [4.78, 5) is 11.1. The van der Waals surface area contributed by atoms with Gasteiger partial charge in [-0.25, -0.2) is 0 Å². The van der Waals surface area contributed by atoms with Crippen molar-refractivity contribution in [2.45, 2.75) is 59.2 Å². The lowest BCUT2D eigenvalue weighted by Crippen LogP contribution is -2.64. The van der Waals surface area contributed by atoms with E-state index in [1.165, 1.54) is 0 Å². The highest BCUT2D eigenvalue weighted by molar-refractivity contribution is 5.73. The second-order valence-electron chi connectivity index (χ2n) is 5.78. The van der Waals surface area contributed by atoms with Crippen LogP contribution in [-0.2, 0) is 9.53 Å². The molecule has 1 aliphatic rings. The highest BCUT2D eigenvalue weighted by atomic mass is 16.5. The molecular formula is C13H25NO3. The first-order chi connectivity index (χ1) is 7.80. The van der Waals surface area contributed by atoms with Gasteiger partial charge >= 0.3 is 5.97 Å². The third-order valence-corrected chi connectivity index (χ3v) is 3.86. The van der Waals surface area contributed by atoms with Gasteiger partial charge in [-0.2, -0.15) is 0 Å². The van der Waals surface area contributed by atoms with Gasteiger partial charge in [-0.3, -0.25) is 4.79 Å². The maximum atomic E-state index is 11.1. The van der Waals surface area contributed by atoms with E-state index in [0.717, 1.165) is 6.42 Å². The number of rotatable bonds is 6. The van der Waals surface area contributed by atoms with Gasteiger partial charge in [0.05, 0.1) is 6.10 Å². The monoisotopic (exact) mass is 243 g/mol. The molecule has 2 N–H and O–H groups in total. The predicted molar refractivity (Wildman–Crippen MR) is 67.0 cm³/mol. The van der Waals surface area contributed by atoms with Gasteiger partial charge in [0.2, 0.25) is 0 Å². The van der Waals surface area contributed by atoms with Crippen molar-refractivity contribution in [3.8, 4) is 0 Å². The van der Waals surface area contributed by atoms with Crippen LogP contribution in [0.4, 0.5) is 0 Å². The van der Waals surface area contributed by atoms with Crippen molar-refractivity contribution in [3.63, 3.8) is 0 Å². The first kappa shape index (κ1) is 14.5. The molecule has 1 saturated carbocycles. The minimum atomic E-state index is -0.768. The van der Waals surface area contributed by atoms with Gasteiger partial charge in [0.25, 0.3) is 0 Å². The number of carboxylic acids is 1. The van der Waals surface area contributed by atoms with Crippen LogP contribution in [0.1, 0.15) is 41.0 Å². The first-order valence-electron chi connectivity index (χ1n) is 6.41. The Morgan fingerprint density at radius 2 is 2.12 bits per heavy atom. The number of carbonyl (C=O) groups is 1.